The lowest BCUT2D eigenvalue weighted by Crippen LogP contribution is -2.65. The van der Waals surface area contributed by atoms with Gasteiger partial charge >= 0.3 is 10.4 Å². The van der Waals surface area contributed by atoms with Gasteiger partial charge in [0.15, 0.2) is 11.4 Å². The van der Waals surface area contributed by atoms with Gasteiger partial charge < -0.3 is 31.5 Å². The number of aliphatic hydroxyl groups excluding tert-OH is 2. The summed E-state index contributed by atoms with van der Waals surface area (Å²) in [5.74, 6) is -7.16. The maximum Gasteiger partial charge on any atom is 0.394 e. The molecule has 38 heavy (non-hydrogen) atoms. The van der Waals surface area contributed by atoms with Gasteiger partial charge in [0.05, 0.1) is 17.3 Å². The number of likely N-dealkylation sites (N-methyl/N-ethyl adjacent to an activating group) is 1. The Morgan fingerprint density at radius 1 is 1.18 bits per heavy atom. The number of amides is 2. The number of nitrogens with one attached hydrogen (secondary N) is 1. The summed E-state index contributed by atoms with van der Waals surface area (Å²) < 4.78 is 31.6. The van der Waals surface area contributed by atoms with Crippen LogP contribution >= 0.6 is 0 Å². The number of phenols is 1. The number of nitrogens with zero attached hydrogens (tertiary/aromatic N) is 1. The Hall–Kier alpha value is -3.83. The Morgan fingerprint density at radius 3 is 2.26 bits per heavy atom. The Morgan fingerprint density at radius 2 is 1.76 bits per heavy atom. The minimum absolute atomic E-state index is 0.00360. The number of Topliss-reactive ketones (excluding diaryl/α,β-unsaturated/α-hetero) is 2. The number of hydrogen-bond donors (Lipinski definition) is 8. The van der Waals surface area contributed by atoms with Gasteiger partial charge in [0.25, 0.3) is 5.91 Å². The molecule has 0 aromatic heterocycles. The summed E-state index contributed by atoms with van der Waals surface area (Å²) in [6, 6.07) is 1.90. The molecule has 1 fully saturated rings. The highest BCUT2D eigenvalue weighted by Crippen LogP contribution is 2.53. The third kappa shape index (κ3) is 4.63. The lowest BCUT2D eigenvalue weighted by atomic mass is 9.57. The lowest BCUT2D eigenvalue weighted by Gasteiger charge is -2.50. The Balaban J connectivity index is 0.000000732. The van der Waals surface area contributed by atoms with Crippen LogP contribution in [0.1, 0.15) is 17.5 Å². The van der Waals surface area contributed by atoms with Crippen LogP contribution in [-0.2, 0) is 36.0 Å². The molecule has 1 aromatic carbocycles. The van der Waals surface area contributed by atoms with Crippen LogP contribution < -0.4 is 11.1 Å². The number of primary amides is 1. The second-order valence-electron chi connectivity index (χ2n) is 9.17. The molecule has 2 unspecified atom stereocenters. The molecular formula is C22H25N3O12S. The number of aromatic hydroxyl groups is 1. The largest absolute Gasteiger partial charge is 0.508 e. The van der Waals surface area contributed by atoms with Crippen molar-refractivity contribution in [2.75, 3.05) is 19.4 Å². The van der Waals surface area contributed by atoms with Crippen LogP contribution in [0.25, 0.3) is 5.76 Å². The van der Waals surface area contributed by atoms with Gasteiger partial charge in [-0.05, 0) is 44.5 Å². The molecule has 3 aliphatic rings. The van der Waals surface area contributed by atoms with E-state index in [1.165, 1.54) is 25.1 Å². The van der Waals surface area contributed by atoms with E-state index in [1.54, 1.807) is 6.07 Å². The third-order valence-corrected chi connectivity index (χ3v) is 6.81. The predicted octanol–water partition coefficient (Wildman–Crippen LogP) is -1.12. The molecule has 0 saturated heterocycles. The monoisotopic (exact) mass is 555 g/mol. The summed E-state index contributed by atoms with van der Waals surface area (Å²) in [5.41, 5.74) is 1.89. The molecule has 1 saturated carbocycles. The van der Waals surface area contributed by atoms with Crippen molar-refractivity contribution in [2.24, 2.45) is 17.6 Å². The Bertz CT molecular complexity index is 1410. The zero-order chi connectivity index (χ0) is 28.9. The first-order valence-corrected chi connectivity index (χ1v) is 12.3. The summed E-state index contributed by atoms with van der Waals surface area (Å²) in [6.07, 6.45) is 0.537. The van der Waals surface area contributed by atoms with Gasteiger partial charge in [0.2, 0.25) is 12.2 Å². The molecule has 1 aromatic rings. The molecule has 15 nitrogen and oxygen atoms in total. The number of anilines is 1. The van der Waals surface area contributed by atoms with Gasteiger partial charge in [-0.1, -0.05) is 6.07 Å². The van der Waals surface area contributed by atoms with Crippen molar-refractivity contribution >= 4 is 45.7 Å². The van der Waals surface area contributed by atoms with Crippen LogP contribution in [0.4, 0.5) is 5.69 Å². The topological polar surface area (TPSA) is 265 Å². The van der Waals surface area contributed by atoms with E-state index in [2.05, 4.69) is 5.32 Å². The minimum Gasteiger partial charge on any atom is -0.508 e. The lowest BCUT2D eigenvalue weighted by molar-refractivity contribution is -0.153. The smallest absolute Gasteiger partial charge is 0.394 e. The maximum atomic E-state index is 13.6. The normalized spacial score (nSPS) is 26.6. The van der Waals surface area contributed by atoms with Gasteiger partial charge in [0, 0.05) is 11.5 Å². The number of fused-ring (bicyclic) bond motifs is 3. The van der Waals surface area contributed by atoms with Crippen LogP contribution in [0.3, 0.4) is 0 Å². The molecule has 0 spiro atoms. The van der Waals surface area contributed by atoms with Crippen molar-refractivity contribution < 1.29 is 57.1 Å². The molecule has 2 amide bonds. The molecular weight excluding hydrogens is 530 g/mol. The van der Waals surface area contributed by atoms with Crippen LogP contribution in [0.5, 0.6) is 5.75 Å². The number of benzene rings is 1. The molecule has 16 heteroatoms. The molecule has 0 radical (unpaired) electrons. The third-order valence-electron chi connectivity index (χ3n) is 6.81. The molecule has 3 aliphatic carbocycles. The summed E-state index contributed by atoms with van der Waals surface area (Å²) in [5, 5.41) is 46.1. The predicted molar refractivity (Wildman–Crippen MR) is 128 cm³/mol. The minimum atomic E-state index is -4.67. The first-order chi connectivity index (χ1) is 17.5. The fraction of sp³-hybridized carbons (Fsp3) is 0.364. The van der Waals surface area contributed by atoms with Crippen molar-refractivity contribution in [3.63, 3.8) is 0 Å². The molecule has 0 bridgehead atoms. The van der Waals surface area contributed by atoms with Crippen molar-refractivity contribution in [1.82, 2.24) is 4.90 Å². The molecule has 0 heterocycles. The second-order valence-corrected chi connectivity index (χ2v) is 10.1. The Kier molecular flexibility index (Phi) is 7.41. The second kappa shape index (κ2) is 9.80. The van der Waals surface area contributed by atoms with Gasteiger partial charge in [-0.15, -0.1) is 0 Å². The van der Waals surface area contributed by atoms with Crippen molar-refractivity contribution in [3.05, 3.63) is 40.2 Å². The number of nitrogens with two attached hydrogens (primary N) is 1. The number of rotatable bonds is 4. The number of aliphatic hydroxyl groups is 3. The van der Waals surface area contributed by atoms with Crippen LogP contribution in [-0.4, -0.2) is 92.5 Å². The molecule has 4 atom stereocenters. The van der Waals surface area contributed by atoms with Crippen LogP contribution in [0, 0.1) is 11.8 Å². The quantitative estimate of drug-likeness (QED) is 0.0948. The Labute approximate surface area is 215 Å². The number of hydrogen-bond acceptors (Lipinski definition) is 11. The highest BCUT2D eigenvalue weighted by Gasteiger charge is 2.64. The molecule has 206 valence electrons. The summed E-state index contributed by atoms with van der Waals surface area (Å²) in [4.78, 5) is 50.8. The van der Waals surface area contributed by atoms with E-state index in [0.29, 0.717) is 12.0 Å². The van der Waals surface area contributed by atoms with Crippen LogP contribution in [0.15, 0.2) is 29.0 Å². The number of phenolic OH excluding ortho intramolecular Hbond substituents is 1. The maximum absolute atomic E-state index is 13.6. The van der Waals surface area contributed by atoms with Crippen LogP contribution in [0.2, 0.25) is 0 Å². The van der Waals surface area contributed by atoms with E-state index < -0.39 is 74.2 Å². The zero-order valence-corrected chi connectivity index (χ0v) is 20.8. The first kappa shape index (κ1) is 28.7. The number of carbonyl (C=O) groups is 4. The van der Waals surface area contributed by atoms with Gasteiger partial charge in [-0.3, -0.25) is 33.2 Å². The fourth-order valence-electron chi connectivity index (χ4n) is 5.40. The van der Waals surface area contributed by atoms with Gasteiger partial charge in [0.1, 0.15) is 22.8 Å². The van der Waals surface area contributed by atoms with E-state index in [1.807, 2.05) is 0 Å². The van der Waals surface area contributed by atoms with E-state index >= 15 is 0 Å². The average Bonchev–Trinajstić information content (AvgIpc) is 2.76. The zero-order valence-electron chi connectivity index (χ0n) is 19.9. The molecule has 0 aliphatic heterocycles. The SMILES string of the molecule is CN(C)[C@@H]1C(=O)C(C(N)=O)=C(O)[C@@]2(O)C(=O)C3=C(O)c4c(ccc(NC=O)c4O)CC3CC12.O=S(=O)(O)O. The van der Waals surface area contributed by atoms with E-state index in [4.69, 9.17) is 23.3 Å². The number of carbonyl (C=O) groups excluding carboxylic acids is 4. The van der Waals surface area contributed by atoms with Gasteiger partial charge in [-0.2, -0.15) is 8.42 Å². The van der Waals surface area contributed by atoms with E-state index in [0.717, 1.165) is 0 Å². The summed E-state index contributed by atoms with van der Waals surface area (Å²) in [6.45, 7) is 0. The highest BCUT2D eigenvalue weighted by molar-refractivity contribution is 7.79. The van der Waals surface area contributed by atoms with E-state index in [-0.39, 0.29) is 29.7 Å². The molecule has 9 N–H and O–H groups in total. The van der Waals surface area contributed by atoms with Crippen molar-refractivity contribution in [2.45, 2.75) is 24.5 Å². The molecule has 4 rings (SSSR count). The highest BCUT2D eigenvalue weighted by atomic mass is 32.3. The fourth-order valence-corrected chi connectivity index (χ4v) is 5.40. The van der Waals surface area contributed by atoms with E-state index in [9.17, 15) is 39.6 Å². The number of ketones is 2. The van der Waals surface area contributed by atoms with Crippen molar-refractivity contribution in [3.8, 4) is 5.75 Å². The summed E-state index contributed by atoms with van der Waals surface area (Å²) >= 11 is 0. The first-order valence-electron chi connectivity index (χ1n) is 10.9. The standard InChI is InChI=1S/C22H23N3O8.H2O4S/c1-25(2)15-10-6-9-5-8-3-4-11(24-7-26)16(27)12(8)17(28)13(9)19(30)22(10,33)20(31)14(18(15)29)21(23)32;1-5(2,3)4/h3-4,7,9-10,15,27-28,31,33H,5-6H2,1-2H3,(H2,23,32)(H,24,26);(H2,1,2,3,4)/t9?,10?,15-,22-;/m0./s1. The van der Waals surface area contributed by atoms with Gasteiger partial charge in [-0.25, -0.2) is 0 Å². The average molecular weight is 556 g/mol. The van der Waals surface area contributed by atoms with Crippen molar-refractivity contribution in [1.29, 1.82) is 0 Å². The summed E-state index contributed by atoms with van der Waals surface area (Å²) in [7, 11) is -1.60.